The van der Waals surface area contributed by atoms with Crippen LogP contribution in [-0.2, 0) is 6.54 Å². The highest BCUT2D eigenvalue weighted by Crippen LogP contribution is 2.28. The molecule has 0 aliphatic rings. The molecule has 140 valence electrons. The predicted octanol–water partition coefficient (Wildman–Crippen LogP) is 4.58. The molecule has 0 saturated carbocycles. The van der Waals surface area contributed by atoms with Crippen molar-refractivity contribution in [1.82, 2.24) is 9.88 Å². The Kier molecular flexibility index (Phi) is 5.79. The quantitative estimate of drug-likeness (QED) is 0.589. The number of nitrogens with two attached hydrogens (primary N) is 1. The third kappa shape index (κ3) is 4.13. The molecule has 0 saturated heterocycles. The minimum atomic E-state index is -0.543. The maximum Gasteiger partial charge on any atom is 0.265 e. The Morgan fingerprint density at radius 1 is 1.33 bits per heavy atom. The minimum Gasteiger partial charge on any atom is -0.497 e. The lowest BCUT2D eigenvalue weighted by Gasteiger charge is -2.08. The van der Waals surface area contributed by atoms with Crippen LogP contribution in [0.1, 0.15) is 15.2 Å². The number of thiazole rings is 1. The van der Waals surface area contributed by atoms with Crippen LogP contribution in [0.25, 0.3) is 5.69 Å². The maximum atomic E-state index is 13.4. The summed E-state index contributed by atoms with van der Waals surface area (Å²) in [7, 11) is 1.59. The molecule has 3 N–H and O–H groups in total. The number of hydrogen-bond donors (Lipinski definition) is 2. The van der Waals surface area contributed by atoms with Crippen molar-refractivity contribution < 1.29 is 13.9 Å². The van der Waals surface area contributed by atoms with Crippen LogP contribution in [0.5, 0.6) is 5.75 Å². The van der Waals surface area contributed by atoms with E-state index in [1.165, 1.54) is 22.8 Å². The summed E-state index contributed by atoms with van der Waals surface area (Å²) in [6, 6.07) is 11.5. The van der Waals surface area contributed by atoms with Crippen molar-refractivity contribution >= 4 is 46.9 Å². The number of carbonyl (C=O) groups is 1. The Hall–Kier alpha value is -2.42. The van der Waals surface area contributed by atoms with Gasteiger partial charge < -0.3 is 15.8 Å². The van der Waals surface area contributed by atoms with Gasteiger partial charge in [-0.3, -0.25) is 9.36 Å². The molecule has 0 atom stereocenters. The Morgan fingerprint density at radius 2 is 2.04 bits per heavy atom. The predicted molar refractivity (Wildman–Crippen MR) is 108 cm³/mol. The van der Waals surface area contributed by atoms with Gasteiger partial charge in [-0.2, -0.15) is 0 Å². The average molecular weight is 424 g/mol. The summed E-state index contributed by atoms with van der Waals surface area (Å²) in [6.45, 7) is 0.329. The second kappa shape index (κ2) is 8.08. The lowest BCUT2D eigenvalue weighted by Crippen LogP contribution is -2.23. The molecule has 0 unspecified atom stereocenters. The van der Waals surface area contributed by atoms with E-state index in [4.69, 9.17) is 34.3 Å². The molecule has 2 aromatic carbocycles. The lowest BCUT2D eigenvalue weighted by molar-refractivity contribution is 0.0955. The van der Waals surface area contributed by atoms with E-state index in [0.717, 1.165) is 22.6 Å². The number of rotatable bonds is 5. The number of nitrogens with zero attached hydrogens (tertiary/aromatic N) is 1. The molecule has 0 fully saturated rings. The van der Waals surface area contributed by atoms with Crippen LogP contribution in [0.4, 0.5) is 10.2 Å². The fourth-order valence-corrected chi connectivity index (χ4v) is 3.88. The summed E-state index contributed by atoms with van der Waals surface area (Å²) in [5.74, 6) is 0.0341. The zero-order valence-electron chi connectivity index (χ0n) is 14.2. The first-order valence-electron chi connectivity index (χ1n) is 7.78. The fourth-order valence-electron chi connectivity index (χ4n) is 2.42. The van der Waals surface area contributed by atoms with Crippen LogP contribution in [0.2, 0.25) is 5.02 Å². The van der Waals surface area contributed by atoms with Crippen molar-refractivity contribution in [3.8, 4) is 11.4 Å². The number of nitrogen functional groups attached to an aromatic ring is 1. The summed E-state index contributed by atoms with van der Waals surface area (Å²) in [5.41, 5.74) is 7.53. The minimum absolute atomic E-state index is 0.0505. The van der Waals surface area contributed by atoms with Crippen LogP contribution in [-0.4, -0.2) is 17.6 Å². The third-order valence-electron chi connectivity index (χ3n) is 3.83. The van der Waals surface area contributed by atoms with E-state index in [1.54, 1.807) is 7.11 Å². The summed E-state index contributed by atoms with van der Waals surface area (Å²) >= 11 is 12.2. The summed E-state index contributed by atoms with van der Waals surface area (Å²) in [4.78, 5) is 12.8. The molecule has 27 heavy (non-hydrogen) atoms. The van der Waals surface area contributed by atoms with Gasteiger partial charge in [0.05, 0.1) is 17.8 Å². The SMILES string of the molecule is COc1ccc(CNC(=O)c2sc(=S)n(-c3ccc(F)c(Cl)c3)c2N)cc1. The second-order valence-electron chi connectivity index (χ2n) is 5.55. The van der Waals surface area contributed by atoms with E-state index in [2.05, 4.69) is 5.32 Å². The van der Waals surface area contributed by atoms with Crippen LogP contribution in [0, 0.1) is 9.77 Å². The van der Waals surface area contributed by atoms with Gasteiger partial charge in [-0.25, -0.2) is 4.39 Å². The molecule has 3 rings (SSSR count). The molecule has 0 aliphatic carbocycles. The number of halogens is 2. The van der Waals surface area contributed by atoms with Gasteiger partial charge in [0.2, 0.25) is 0 Å². The molecule has 1 aromatic heterocycles. The summed E-state index contributed by atoms with van der Waals surface area (Å²) in [5, 5.41) is 2.76. The van der Waals surface area contributed by atoms with Crippen molar-refractivity contribution in [3.05, 3.63) is 67.7 Å². The maximum absolute atomic E-state index is 13.4. The highest BCUT2D eigenvalue weighted by Gasteiger charge is 2.18. The van der Waals surface area contributed by atoms with E-state index < -0.39 is 5.82 Å². The average Bonchev–Trinajstić information content (AvgIpc) is 2.97. The van der Waals surface area contributed by atoms with E-state index in [1.807, 2.05) is 24.3 Å². The third-order valence-corrected chi connectivity index (χ3v) is 5.50. The topological polar surface area (TPSA) is 69.3 Å². The van der Waals surface area contributed by atoms with Crippen molar-refractivity contribution in [1.29, 1.82) is 0 Å². The summed E-state index contributed by atoms with van der Waals surface area (Å²) in [6.07, 6.45) is 0. The number of ether oxygens (including phenoxy) is 1. The largest absolute Gasteiger partial charge is 0.497 e. The van der Waals surface area contributed by atoms with Crippen LogP contribution in [0.15, 0.2) is 42.5 Å². The van der Waals surface area contributed by atoms with E-state index in [-0.39, 0.29) is 21.6 Å². The molecular weight excluding hydrogens is 409 g/mol. The molecule has 0 aliphatic heterocycles. The van der Waals surface area contributed by atoms with Crippen molar-refractivity contribution in [2.24, 2.45) is 0 Å². The van der Waals surface area contributed by atoms with Crippen LogP contribution < -0.4 is 15.8 Å². The molecule has 0 bridgehead atoms. The monoisotopic (exact) mass is 423 g/mol. The molecule has 9 heteroatoms. The number of anilines is 1. The second-order valence-corrected chi connectivity index (χ2v) is 7.60. The van der Waals surface area contributed by atoms with Crippen molar-refractivity contribution in [2.75, 3.05) is 12.8 Å². The van der Waals surface area contributed by atoms with Crippen LogP contribution in [0.3, 0.4) is 0 Å². The standard InChI is InChI=1S/C18H15ClFN3O2S2/c1-25-12-5-2-10(3-6-12)9-22-17(24)15-16(21)23(18(26)27-15)11-4-7-14(20)13(19)8-11/h2-8H,9,21H2,1H3,(H,22,24). The Labute approximate surface area is 169 Å². The molecule has 1 heterocycles. The van der Waals surface area contributed by atoms with Crippen LogP contribution >= 0.6 is 35.2 Å². The Morgan fingerprint density at radius 3 is 2.67 bits per heavy atom. The molecular formula is C18H15ClFN3O2S2. The molecule has 1 amide bonds. The number of nitrogens with one attached hydrogen (secondary N) is 1. The first-order chi connectivity index (χ1) is 12.9. The van der Waals surface area contributed by atoms with E-state index >= 15 is 0 Å². The highest BCUT2D eigenvalue weighted by atomic mass is 35.5. The normalized spacial score (nSPS) is 10.6. The van der Waals surface area contributed by atoms with Crippen molar-refractivity contribution in [3.63, 3.8) is 0 Å². The Balaban J connectivity index is 1.81. The van der Waals surface area contributed by atoms with Gasteiger partial charge in [0.25, 0.3) is 5.91 Å². The van der Waals surface area contributed by atoms with Crippen molar-refractivity contribution in [2.45, 2.75) is 6.54 Å². The van der Waals surface area contributed by atoms with E-state index in [0.29, 0.717) is 16.2 Å². The van der Waals surface area contributed by atoms with Gasteiger partial charge in [0.1, 0.15) is 22.3 Å². The van der Waals surface area contributed by atoms with Gasteiger partial charge in [-0.15, -0.1) is 0 Å². The number of benzene rings is 2. The van der Waals surface area contributed by atoms with Gasteiger partial charge >= 0.3 is 0 Å². The number of hydrogen-bond acceptors (Lipinski definition) is 5. The zero-order chi connectivity index (χ0) is 19.6. The van der Waals surface area contributed by atoms with E-state index in [9.17, 15) is 9.18 Å². The molecule has 0 spiro atoms. The van der Waals surface area contributed by atoms with Gasteiger partial charge in [-0.05, 0) is 48.1 Å². The lowest BCUT2D eigenvalue weighted by atomic mass is 10.2. The zero-order valence-corrected chi connectivity index (χ0v) is 16.6. The summed E-state index contributed by atoms with van der Waals surface area (Å²) < 4.78 is 20.4. The molecule has 3 aromatic rings. The first-order valence-corrected chi connectivity index (χ1v) is 9.39. The first kappa shape index (κ1) is 19.3. The number of amides is 1. The number of aromatic nitrogens is 1. The number of carbonyl (C=O) groups excluding carboxylic acids is 1. The number of methoxy groups -OCH3 is 1. The van der Waals surface area contributed by atoms with Gasteiger partial charge in [-0.1, -0.05) is 35.1 Å². The highest BCUT2D eigenvalue weighted by molar-refractivity contribution is 7.73. The van der Waals surface area contributed by atoms with Gasteiger partial charge in [0, 0.05) is 6.54 Å². The molecule has 0 radical (unpaired) electrons. The molecule has 5 nitrogen and oxygen atoms in total. The fraction of sp³-hybridized carbons (Fsp3) is 0.111. The Bertz CT molecular complexity index is 1050. The van der Waals surface area contributed by atoms with Gasteiger partial charge in [0.15, 0.2) is 3.95 Å². The smallest absolute Gasteiger partial charge is 0.265 e.